The molecule has 0 bridgehead atoms. The van der Waals surface area contributed by atoms with Crippen LogP contribution in [0.2, 0.25) is 0 Å². The van der Waals surface area contributed by atoms with E-state index in [2.05, 4.69) is 196 Å². The molecule has 39 heteroatoms. The summed E-state index contributed by atoms with van der Waals surface area (Å²) < 4.78 is 211. The molecule has 0 spiro atoms. The van der Waals surface area contributed by atoms with Gasteiger partial charge in [-0.15, -0.1) is 0 Å². The van der Waals surface area contributed by atoms with E-state index >= 15 is 0 Å². The van der Waals surface area contributed by atoms with Gasteiger partial charge in [-0.05, 0) is 235 Å². The summed E-state index contributed by atoms with van der Waals surface area (Å²) in [5.74, 6) is 0. The maximum atomic E-state index is 13.1. The first kappa shape index (κ1) is 115. The molecule has 5 aliphatic rings. The van der Waals surface area contributed by atoms with E-state index in [0.717, 1.165) is 80.3 Å². The summed E-state index contributed by atoms with van der Waals surface area (Å²) >= 11 is -1.07. The van der Waals surface area contributed by atoms with E-state index in [1.54, 1.807) is 96.3 Å². The van der Waals surface area contributed by atoms with Crippen molar-refractivity contribution in [3.8, 4) is 0 Å². The molecule has 5 fully saturated rings. The quantitative estimate of drug-likeness (QED) is 0.0199. The van der Waals surface area contributed by atoms with E-state index < -0.39 is 136 Å². The van der Waals surface area contributed by atoms with Crippen LogP contribution in [0.15, 0.2) is 186 Å². The molecule has 2 aliphatic heterocycles. The minimum absolute atomic E-state index is 0.0465. The molecule has 9 aromatic rings. The molecule has 14 rings (SSSR count). The number of benzene rings is 9. The maximum absolute atomic E-state index is 13.1. The number of nitro groups is 2. The number of sulfonamides is 2. The number of non-ortho nitro benzene ring substituents is 2. The third-order valence-corrected chi connectivity index (χ3v) is 35.6. The topological polar surface area (TPSA) is 174 Å². The summed E-state index contributed by atoms with van der Waals surface area (Å²) in [5.41, 5.74) is 16.6. The number of rotatable bonds is 18. The fourth-order valence-corrected chi connectivity index (χ4v) is 31.1. The van der Waals surface area contributed by atoms with Crippen LogP contribution in [-0.2, 0) is 86.9 Å². The van der Waals surface area contributed by atoms with E-state index in [0.29, 0.717) is 10.9 Å². The summed E-state index contributed by atoms with van der Waals surface area (Å²) in [7, 11) is 17.3. The second-order valence-corrected chi connectivity index (χ2v) is 52.8. The van der Waals surface area contributed by atoms with Gasteiger partial charge < -0.3 is 19.6 Å². The Labute approximate surface area is 836 Å². The molecule has 3 aliphatic carbocycles. The predicted molar refractivity (Wildman–Crippen MR) is 525 cm³/mol. The van der Waals surface area contributed by atoms with Gasteiger partial charge in [-0.3, -0.25) is 10.1 Å². The monoisotopic (exact) mass is 2290 g/mol. The van der Waals surface area contributed by atoms with Crippen LogP contribution in [0.4, 0.5) is 98.2 Å². The van der Waals surface area contributed by atoms with Crippen LogP contribution in [0.3, 0.4) is 0 Å². The first-order valence-corrected chi connectivity index (χ1v) is 60.6. The molecule has 137 heavy (non-hydrogen) atoms. The minimum atomic E-state index is -5.22. The van der Waals surface area contributed by atoms with Crippen LogP contribution in [0.25, 0.3) is 0 Å². The van der Waals surface area contributed by atoms with Crippen LogP contribution in [-0.4, -0.2) is 79.2 Å². The second-order valence-electron chi connectivity index (χ2n) is 34.3. The molecule has 16 nitrogen and oxygen atoms in total. The Morgan fingerprint density at radius 1 is 0.394 bits per heavy atom. The molecular weight excluding hydrogens is 2180 g/mol. The number of hydrogen-bond donors (Lipinski definition) is 0. The molecule has 2 heterocycles. The Morgan fingerprint density at radius 3 is 0.869 bits per heavy atom. The predicted octanol–water partition coefficient (Wildman–Crippen LogP) is 30.1. The summed E-state index contributed by atoms with van der Waals surface area (Å²) in [6.45, 7) is 38.3. The van der Waals surface area contributed by atoms with Gasteiger partial charge in [0.15, 0.2) is 0 Å². The van der Waals surface area contributed by atoms with Gasteiger partial charge in [0.1, 0.15) is 0 Å². The van der Waals surface area contributed by atoms with Gasteiger partial charge >= 0.3 is 295 Å². The molecule has 3 saturated carbocycles. The molecule has 0 unspecified atom stereocenters. The number of nitrogens with zero attached hydrogens (tertiary/aromatic N) is 8. The van der Waals surface area contributed by atoms with Crippen LogP contribution < -0.4 is 28.2 Å². The zero-order valence-electron chi connectivity index (χ0n) is 77.4. The van der Waals surface area contributed by atoms with Crippen LogP contribution in [0.5, 0.6) is 0 Å². The van der Waals surface area contributed by atoms with Crippen molar-refractivity contribution in [1.29, 1.82) is 0 Å². The van der Waals surface area contributed by atoms with E-state index in [1.807, 2.05) is 34.9 Å². The van der Waals surface area contributed by atoms with E-state index in [-0.39, 0.29) is 52.9 Å². The van der Waals surface area contributed by atoms with Crippen molar-refractivity contribution >= 4 is 132 Å². The van der Waals surface area contributed by atoms with Gasteiger partial charge in [0, 0.05) is 75.2 Å². The van der Waals surface area contributed by atoms with Crippen molar-refractivity contribution in [1.82, 2.24) is 0 Å². The molecule has 9 aromatic carbocycles. The number of aryl methyl sites for hydroxylation is 12. The first-order chi connectivity index (χ1) is 64.2. The van der Waals surface area contributed by atoms with Gasteiger partial charge in [0.25, 0.3) is 15.7 Å². The Morgan fingerprint density at radius 2 is 0.642 bits per heavy atom. The van der Waals surface area contributed by atoms with Crippen LogP contribution in [0.1, 0.15) is 191 Å². The Hall–Kier alpha value is -7.23. The van der Waals surface area contributed by atoms with E-state index in [9.17, 15) is 89.7 Å². The van der Waals surface area contributed by atoms with Gasteiger partial charge in [0.05, 0.1) is 43.6 Å². The van der Waals surface area contributed by atoms with Crippen molar-refractivity contribution in [3.05, 3.63) is 305 Å². The van der Waals surface area contributed by atoms with Crippen molar-refractivity contribution in [2.24, 2.45) is 0 Å². The summed E-state index contributed by atoms with van der Waals surface area (Å²) in [6, 6.07) is 35.0. The Balaban J connectivity index is 0.000000205. The molecule has 756 valence electrons. The van der Waals surface area contributed by atoms with E-state index in [4.69, 9.17) is 38.8 Å². The first-order valence-electron chi connectivity index (χ1n) is 43.7. The number of nitro benzene ring substituents is 2. The summed E-state index contributed by atoms with van der Waals surface area (Å²) in [5, 5.41) is 21.4. The average molecular weight is 2300 g/mol. The van der Waals surface area contributed by atoms with Crippen LogP contribution in [0, 0.1) is 117 Å². The molecule has 2 saturated heterocycles. The fraction of sp³-hybridized carbons (Fsp3) is 0.388. The average Bonchev–Trinajstić information content (AvgIpc) is 1.74. The van der Waals surface area contributed by atoms with Gasteiger partial charge in [-0.2, -0.15) is 39.7 Å². The molecule has 0 radical (unpaired) electrons. The summed E-state index contributed by atoms with van der Waals surface area (Å²) in [6.07, 6.45) is 3.50. The van der Waals surface area contributed by atoms with Gasteiger partial charge in [-0.1, -0.05) is 96.6 Å². The van der Waals surface area contributed by atoms with E-state index in [1.165, 1.54) is 106 Å². The van der Waals surface area contributed by atoms with Crippen LogP contribution >= 0.6 is 56.8 Å². The molecule has 0 N–H and O–H groups in total. The molecule has 0 atom stereocenters. The molecule has 0 aromatic heterocycles. The normalized spacial score (nSPS) is 15.4. The van der Waals surface area contributed by atoms with Crippen molar-refractivity contribution in [2.45, 2.75) is 231 Å². The summed E-state index contributed by atoms with van der Waals surface area (Å²) in [4.78, 5) is 28.1. The Bertz CT molecular complexity index is 5500. The number of halogens is 17. The number of anilines is 6. The number of hydrogen-bond acceptors (Lipinski definition) is 12. The second kappa shape index (κ2) is 51.1. The van der Waals surface area contributed by atoms with Crippen molar-refractivity contribution in [2.75, 3.05) is 54.4 Å². The molecule has 0 amide bonds. The third-order valence-electron chi connectivity index (χ3n) is 23.8. The van der Waals surface area contributed by atoms with Gasteiger partial charge in [0.2, 0.25) is 0 Å². The number of alkyl halides is 12. The van der Waals surface area contributed by atoms with Crippen molar-refractivity contribution in [3.63, 3.8) is 0 Å². The standard InChI is InChI=1S/2C21H27N2.C18H33P.C16H10F6N2O4S.C15H8F6N2O4S.C7H6.5ClH.Cu.2Ru/c2*1-14-9-16(3)20(17(4)10-14)22-7-8-23(13-22)21-18(5)11-15(2)12-19(21)6;1-4-10-16(11-5-1)19(17-12-6-2-7-13-17)18-14-8-3-9-15-18;1-2-23(29(27,28)14-5-3-12(4-6-14)24(25)26)13-8-10(15(17,18)19)7-11(9-13)16(20,21)22;1-22(28(26,27)13-4-2-11(3-5-13)23(24)25)12-7-9(14(16,17)18)6-10(8-12)15(19,20)21;1-7-5-3-2-4-6-7;;;;;;;;/h2*9-13H,7-8H2,1-6H3;16-18H,1-15H2;2-9H,1H2;1-8H;1-6H;5*1H;;;/q2*-1;;;;;;;;;;+1;2*+2/p-4. The zero-order chi connectivity index (χ0) is 102. The van der Waals surface area contributed by atoms with Gasteiger partial charge in [-0.25, -0.2) is 12.7 Å². The SMILES string of the molecule is C1CCC([PH+](C2CCCCC2)C2CCCCC2)CC1.C=CN(c1cc(C(F)(F)F)cc(C(F)(F)F)c1)S(=O)(=O)c1ccc([N+](=O)[O-])cc1.Cc1cc(C)c(N2[CH-]N(c3c(C)cc(C)cc3C)CC2)c(C)c1.Cc1cc(C)c(N2[CH-]N(c3c(C)cc(C)cc3C)CC2)c(C)c1.O=[N+]([O-])c1ccc(S(=O)(=O)N([CH]=[Ru]([Cl])[Cl])c2cc(C(F)(F)F)cc(C(F)(F)F)c2)cc1.[Cl][Cu].[Cl][Ru]([Cl])=[CH]c1ccccc1. The van der Waals surface area contributed by atoms with Crippen molar-refractivity contribution < 1.29 is 122 Å². The molecular formula is C98H112Cl5CuF12N8O8PRu2S2-. The zero-order valence-corrected chi connectivity index (χ0v) is 88.3. The Kier molecular flexibility index (Phi) is 42.9. The third kappa shape index (κ3) is 32.4. The fourth-order valence-electron chi connectivity index (χ4n) is 18.6.